The Labute approximate surface area is 158 Å². The van der Waals surface area contributed by atoms with Crippen molar-refractivity contribution in [3.05, 3.63) is 65.9 Å². The van der Waals surface area contributed by atoms with Crippen LogP contribution in [0.4, 0.5) is 11.4 Å². The van der Waals surface area contributed by atoms with Crippen LogP contribution >= 0.6 is 0 Å². The molecule has 2 heterocycles. The number of hydrogen-bond acceptors (Lipinski definition) is 3. The molecule has 1 N–H and O–H groups in total. The van der Waals surface area contributed by atoms with Gasteiger partial charge >= 0.3 is 0 Å². The highest BCUT2D eigenvalue weighted by Gasteiger charge is 2.36. The number of hydrogen-bond donors (Lipinski definition) is 1. The molecular weight excluding hydrogens is 338 g/mol. The molecular formula is C22H21N3O2. The lowest BCUT2D eigenvalue weighted by molar-refractivity contribution is -0.122. The molecule has 2 aromatic carbocycles. The second-order valence-electron chi connectivity index (χ2n) is 7.12. The SMILES string of the molecule is Cc1cc(C)cc(NC(=O)C2CC(=O)N(c3cccc4cccnc34)C2)c1. The molecule has 0 radical (unpaired) electrons. The van der Waals surface area contributed by atoms with Gasteiger partial charge in [-0.3, -0.25) is 14.6 Å². The fourth-order valence-corrected chi connectivity index (χ4v) is 3.71. The predicted octanol–water partition coefficient (Wildman–Crippen LogP) is 3.84. The van der Waals surface area contributed by atoms with Gasteiger partial charge in [0.1, 0.15) is 0 Å². The second kappa shape index (κ2) is 6.83. The molecule has 1 unspecified atom stereocenters. The Kier molecular flexibility index (Phi) is 4.36. The molecule has 2 amide bonds. The summed E-state index contributed by atoms with van der Waals surface area (Å²) in [5.41, 5.74) is 4.51. The monoisotopic (exact) mass is 359 g/mol. The summed E-state index contributed by atoms with van der Waals surface area (Å²) in [5, 5.41) is 3.94. The van der Waals surface area contributed by atoms with Gasteiger partial charge in [0, 0.05) is 30.2 Å². The Morgan fingerprint density at radius 1 is 1.11 bits per heavy atom. The molecule has 1 saturated heterocycles. The molecule has 4 rings (SSSR count). The maximum Gasteiger partial charge on any atom is 0.229 e. The van der Waals surface area contributed by atoms with Gasteiger partial charge in [-0.15, -0.1) is 0 Å². The van der Waals surface area contributed by atoms with Gasteiger partial charge in [-0.1, -0.05) is 24.3 Å². The van der Waals surface area contributed by atoms with Crippen LogP contribution in [0.25, 0.3) is 10.9 Å². The molecule has 1 fully saturated rings. The van der Waals surface area contributed by atoms with E-state index >= 15 is 0 Å². The summed E-state index contributed by atoms with van der Waals surface area (Å²) in [7, 11) is 0. The number of rotatable bonds is 3. The van der Waals surface area contributed by atoms with Gasteiger partial charge in [-0.05, 0) is 49.2 Å². The van der Waals surface area contributed by atoms with E-state index in [-0.39, 0.29) is 24.2 Å². The van der Waals surface area contributed by atoms with E-state index in [0.29, 0.717) is 6.54 Å². The number of carbonyl (C=O) groups is 2. The highest BCUT2D eigenvalue weighted by atomic mass is 16.2. The Morgan fingerprint density at radius 3 is 2.63 bits per heavy atom. The van der Waals surface area contributed by atoms with Crippen molar-refractivity contribution in [3.63, 3.8) is 0 Å². The van der Waals surface area contributed by atoms with Crippen molar-refractivity contribution in [2.75, 3.05) is 16.8 Å². The van der Waals surface area contributed by atoms with Crippen LogP contribution < -0.4 is 10.2 Å². The molecule has 0 spiro atoms. The van der Waals surface area contributed by atoms with E-state index in [1.165, 1.54) is 0 Å². The Hall–Kier alpha value is -3.21. The van der Waals surface area contributed by atoms with Crippen molar-refractivity contribution >= 4 is 34.1 Å². The predicted molar refractivity (Wildman–Crippen MR) is 107 cm³/mol. The summed E-state index contributed by atoms with van der Waals surface area (Å²) < 4.78 is 0. The van der Waals surface area contributed by atoms with Crippen LogP contribution in [0.1, 0.15) is 17.5 Å². The number of carbonyl (C=O) groups excluding carboxylic acids is 2. The lowest BCUT2D eigenvalue weighted by Gasteiger charge is -2.18. The van der Waals surface area contributed by atoms with Crippen molar-refractivity contribution in [2.24, 2.45) is 5.92 Å². The van der Waals surface area contributed by atoms with Crippen molar-refractivity contribution in [1.29, 1.82) is 0 Å². The number of aromatic nitrogens is 1. The van der Waals surface area contributed by atoms with E-state index in [1.807, 2.05) is 56.3 Å². The second-order valence-corrected chi connectivity index (χ2v) is 7.12. The number of benzene rings is 2. The number of aryl methyl sites for hydroxylation is 2. The number of nitrogens with zero attached hydrogens (tertiary/aromatic N) is 2. The molecule has 1 aliphatic heterocycles. The number of pyridine rings is 1. The van der Waals surface area contributed by atoms with Crippen molar-refractivity contribution < 1.29 is 9.59 Å². The zero-order valence-electron chi connectivity index (χ0n) is 15.4. The lowest BCUT2D eigenvalue weighted by Crippen LogP contribution is -2.28. The third kappa shape index (κ3) is 3.40. The normalized spacial score (nSPS) is 16.7. The molecule has 0 bridgehead atoms. The standard InChI is InChI=1S/C22H21N3O2/c1-14-9-15(2)11-18(10-14)24-22(27)17-12-20(26)25(13-17)19-7-3-5-16-6-4-8-23-21(16)19/h3-11,17H,12-13H2,1-2H3,(H,24,27). The van der Waals surface area contributed by atoms with Crippen LogP contribution in [-0.4, -0.2) is 23.3 Å². The fourth-order valence-electron chi connectivity index (χ4n) is 3.71. The van der Waals surface area contributed by atoms with Crippen LogP contribution in [0.5, 0.6) is 0 Å². The molecule has 0 aliphatic carbocycles. The first kappa shape index (κ1) is 17.2. The lowest BCUT2D eigenvalue weighted by atomic mass is 10.1. The molecule has 5 heteroatoms. The van der Waals surface area contributed by atoms with Gasteiger partial charge in [-0.2, -0.15) is 0 Å². The van der Waals surface area contributed by atoms with Crippen LogP contribution in [0.2, 0.25) is 0 Å². The van der Waals surface area contributed by atoms with E-state index in [9.17, 15) is 9.59 Å². The largest absolute Gasteiger partial charge is 0.326 e. The van der Waals surface area contributed by atoms with Crippen molar-refractivity contribution in [1.82, 2.24) is 4.98 Å². The molecule has 5 nitrogen and oxygen atoms in total. The molecule has 3 aromatic rings. The fraction of sp³-hybridized carbons (Fsp3) is 0.227. The number of anilines is 2. The summed E-state index contributed by atoms with van der Waals surface area (Å²) in [6, 6.07) is 15.5. The Bertz CT molecular complexity index is 1020. The topological polar surface area (TPSA) is 62.3 Å². The zero-order valence-corrected chi connectivity index (χ0v) is 15.4. The van der Waals surface area contributed by atoms with Gasteiger partial charge in [0.2, 0.25) is 11.8 Å². The van der Waals surface area contributed by atoms with Crippen molar-refractivity contribution in [3.8, 4) is 0 Å². The first-order valence-corrected chi connectivity index (χ1v) is 9.04. The van der Waals surface area contributed by atoms with Crippen LogP contribution in [0, 0.1) is 19.8 Å². The summed E-state index contributed by atoms with van der Waals surface area (Å²) in [6.45, 7) is 4.36. The smallest absolute Gasteiger partial charge is 0.229 e. The maximum atomic E-state index is 12.7. The van der Waals surface area contributed by atoms with Gasteiger partial charge in [0.05, 0.1) is 17.1 Å². The molecule has 1 aliphatic rings. The van der Waals surface area contributed by atoms with E-state index in [2.05, 4.69) is 16.4 Å². The maximum absolute atomic E-state index is 12.7. The third-order valence-electron chi connectivity index (χ3n) is 4.89. The van der Waals surface area contributed by atoms with Crippen LogP contribution in [0.3, 0.4) is 0 Å². The summed E-state index contributed by atoms with van der Waals surface area (Å²) in [6.07, 6.45) is 1.93. The van der Waals surface area contributed by atoms with Gasteiger partial charge < -0.3 is 10.2 Å². The number of amides is 2. The minimum atomic E-state index is -0.378. The third-order valence-corrected chi connectivity index (χ3v) is 4.89. The number of nitrogens with one attached hydrogen (secondary N) is 1. The summed E-state index contributed by atoms with van der Waals surface area (Å²) in [5.74, 6) is -0.546. The van der Waals surface area contributed by atoms with Crippen LogP contribution in [0.15, 0.2) is 54.7 Å². The quantitative estimate of drug-likeness (QED) is 0.773. The first-order chi connectivity index (χ1) is 13.0. The van der Waals surface area contributed by atoms with E-state index in [4.69, 9.17) is 0 Å². The highest BCUT2D eigenvalue weighted by molar-refractivity contribution is 6.07. The Morgan fingerprint density at radius 2 is 1.85 bits per heavy atom. The summed E-state index contributed by atoms with van der Waals surface area (Å²) in [4.78, 5) is 31.4. The summed E-state index contributed by atoms with van der Waals surface area (Å²) >= 11 is 0. The first-order valence-electron chi connectivity index (χ1n) is 9.04. The molecule has 0 saturated carbocycles. The van der Waals surface area contributed by atoms with Crippen molar-refractivity contribution in [2.45, 2.75) is 20.3 Å². The average Bonchev–Trinajstić information content (AvgIpc) is 3.02. The van der Waals surface area contributed by atoms with Gasteiger partial charge in [-0.25, -0.2) is 0 Å². The number of fused-ring (bicyclic) bond motifs is 1. The van der Waals surface area contributed by atoms with E-state index < -0.39 is 0 Å². The molecule has 1 aromatic heterocycles. The van der Waals surface area contributed by atoms with Gasteiger partial charge in [0.25, 0.3) is 0 Å². The minimum Gasteiger partial charge on any atom is -0.326 e. The minimum absolute atomic E-state index is 0.0475. The van der Waals surface area contributed by atoms with Crippen LogP contribution in [-0.2, 0) is 9.59 Å². The molecule has 136 valence electrons. The van der Waals surface area contributed by atoms with E-state index in [0.717, 1.165) is 33.4 Å². The zero-order chi connectivity index (χ0) is 19.0. The number of para-hydroxylation sites is 1. The highest BCUT2D eigenvalue weighted by Crippen LogP contribution is 2.31. The van der Waals surface area contributed by atoms with E-state index in [1.54, 1.807) is 11.1 Å². The Balaban J connectivity index is 1.56. The average molecular weight is 359 g/mol. The molecule has 1 atom stereocenters. The molecule has 27 heavy (non-hydrogen) atoms. The van der Waals surface area contributed by atoms with Gasteiger partial charge in [0.15, 0.2) is 0 Å².